The van der Waals surface area contributed by atoms with Crippen LogP contribution in [0, 0.1) is 0 Å². The smallest absolute Gasteiger partial charge is 0.246 e. The Morgan fingerprint density at radius 1 is 1.09 bits per heavy atom. The van der Waals surface area contributed by atoms with Crippen LogP contribution in [0.2, 0.25) is 5.02 Å². The van der Waals surface area contributed by atoms with Gasteiger partial charge in [0, 0.05) is 35.0 Å². The Balaban J connectivity index is 0.00000289. The van der Waals surface area contributed by atoms with Crippen LogP contribution in [0.15, 0.2) is 60.0 Å². The summed E-state index contributed by atoms with van der Waals surface area (Å²) in [7, 11) is 0. The average Bonchev–Trinajstić information content (AvgIpc) is 3.23. The molecule has 1 aromatic heterocycles. The highest BCUT2D eigenvalue weighted by molar-refractivity contribution is 7.09. The molecular weight excluding hydrogens is 469 g/mol. The third kappa shape index (κ3) is 6.01. The zero-order chi connectivity index (χ0) is 21.6. The van der Waals surface area contributed by atoms with Crippen LogP contribution in [-0.4, -0.2) is 24.9 Å². The second-order valence-corrected chi connectivity index (χ2v) is 8.55. The number of halogens is 2. The largest absolute Gasteiger partial charge is 0.455 e. The second kappa shape index (κ2) is 11.3. The maximum absolute atomic E-state index is 13.0. The summed E-state index contributed by atoms with van der Waals surface area (Å²) in [5.74, 6) is 0.836. The number of hydrogen-bond donors (Lipinski definition) is 2. The minimum atomic E-state index is -0.233. The Morgan fingerprint density at radius 2 is 1.94 bits per heavy atom. The SMILES string of the molecule is Cl.O=C(CCNCc1cccs1)NCC(=O)N1Cc2ccccc2Oc2ccc(Cl)cc21. The molecular formula is C23H23Cl2N3O3S. The third-order valence-electron chi connectivity index (χ3n) is 4.88. The fraction of sp³-hybridized carbons (Fsp3) is 0.217. The first-order valence-electron chi connectivity index (χ1n) is 9.95. The van der Waals surface area contributed by atoms with Gasteiger partial charge in [-0.15, -0.1) is 23.7 Å². The number of amides is 2. The fourth-order valence-electron chi connectivity index (χ4n) is 3.30. The second-order valence-electron chi connectivity index (χ2n) is 7.08. The maximum Gasteiger partial charge on any atom is 0.246 e. The van der Waals surface area contributed by atoms with Crippen molar-refractivity contribution in [3.8, 4) is 11.5 Å². The summed E-state index contributed by atoms with van der Waals surface area (Å²) in [5.41, 5.74) is 1.47. The van der Waals surface area contributed by atoms with Gasteiger partial charge in [-0.3, -0.25) is 9.59 Å². The number of nitrogens with zero attached hydrogens (tertiary/aromatic N) is 1. The van der Waals surface area contributed by atoms with Gasteiger partial charge in [-0.25, -0.2) is 0 Å². The molecule has 0 bridgehead atoms. The molecule has 9 heteroatoms. The molecule has 0 spiro atoms. The van der Waals surface area contributed by atoms with Gasteiger partial charge in [0.15, 0.2) is 5.75 Å². The number of hydrogen-bond acceptors (Lipinski definition) is 5. The number of anilines is 1. The van der Waals surface area contributed by atoms with Crippen molar-refractivity contribution >= 4 is 52.8 Å². The summed E-state index contributed by atoms with van der Waals surface area (Å²) >= 11 is 7.85. The van der Waals surface area contributed by atoms with E-state index in [4.69, 9.17) is 16.3 Å². The Labute approximate surface area is 201 Å². The minimum Gasteiger partial charge on any atom is -0.455 e. The van der Waals surface area contributed by atoms with Crippen molar-refractivity contribution in [2.75, 3.05) is 18.0 Å². The number of ether oxygens (including phenoxy) is 1. The van der Waals surface area contributed by atoms with Crippen molar-refractivity contribution in [3.63, 3.8) is 0 Å². The van der Waals surface area contributed by atoms with E-state index in [1.165, 1.54) is 4.88 Å². The molecule has 6 nitrogen and oxygen atoms in total. The molecule has 2 aromatic carbocycles. The number of para-hydroxylation sites is 1. The lowest BCUT2D eigenvalue weighted by atomic mass is 10.2. The van der Waals surface area contributed by atoms with Crippen LogP contribution in [-0.2, 0) is 22.7 Å². The summed E-state index contributed by atoms with van der Waals surface area (Å²) in [4.78, 5) is 28.0. The normalized spacial score (nSPS) is 12.0. The van der Waals surface area contributed by atoms with E-state index < -0.39 is 0 Å². The van der Waals surface area contributed by atoms with Crippen LogP contribution >= 0.6 is 35.3 Å². The van der Waals surface area contributed by atoms with Crippen molar-refractivity contribution in [2.24, 2.45) is 0 Å². The molecule has 4 rings (SSSR count). The summed E-state index contributed by atoms with van der Waals surface area (Å²) in [6.07, 6.45) is 0.299. The van der Waals surface area contributed by atoms with Gasteiger partial charge in [0.05, 0.1) is 18.8 Å². The number of fused-ring (bicyclic) bond motifs is 2. The van der Waals surface area contributed by atoms with E-state index in [-0.39, 0.29) is 30.8 Å². The van der Waals surface area contributed by atoms with E-state index in [2.05, 4.69) is 10.6 Å². The molecule has 32 heavy (non-hydrogen) atoms. The first kappa shape index (κ1) is 24.1. The lowest BCUT2D eigenvalue weighted by Gasteiger charge is -2.22. The molecule has 3 aromatic rings. The fourth-order valence-corrected chi connectivity index (χ4v) is 4.14. The Hall–Kier alpha value is -2.58. The van der Waals surface area contributed by atoms with E-state index in [0.29, 0.717) is 41.7 Å². The average molecular weight is 492 g/mol. The zero-order valence-electron chi connectivity index (χ0n) is 17.2. The lowest BCUT2D eigenvalue weighted by Crippen LogP contribution is -2.40. The molecule has 2 heterocycles. The van der Waals surface area contributed by atoms with Crippen LogP contribution in [0.3, 0.4) is 0 Å². The van der Waals surface area contributed by atoms with Gasteiger partial charge in [0.1, 0.15) is 5.75 Å². The van der Waals surface area contributed by atoms with Crippen LogP contribution in [0.1, 0.15) is 16.9 Å². The highest BCUT2D eigenvalue weighted by Crippen LogP contribution is 2.40. The van der Waals surface area contributed by atoms with Crippen molar-refractivity contribution in [1.82, 2.24) is 10.6 Å². The van der Waals surface area contributed by atoms with E-state index >= 15 is 0 Å². The Morgan fingerprint density at radius 3 is 2.75 bits per heavy atom. The molecule has 0 radical (unpaired) electrons. The monoisotopic (exact) mass is 491 g/mol. The summed E-state index contributed by atoms with van der Waals surface area (Å²) < 4.78 is 6.01. The number of thiophene rings is 1. The number of carbonyl (C=O) groups excluding carboxylic acids is 2. The highest BCUT2D eigenvalue weighted by atomic mass is 35.5. The molecule has 0 aliphatic carbocycles. The molecule has 0 saturated carbocycles. The minimum absolute atomic E-state index is 0. The molecule has 0 saturated heterocycles. The number of nitrogens with one attached hydrogen (secondary N) is 2. The molecule has 168 valence electrons. The molecule has 0 atom stereocenters. The lowest BCUT2D eigenvalue weighted by molar-refractivity contribution is -0.125. The Bertz CT molecular complexity index is 1080. The van der Waals surface area contributed by atoms with Crippen LogP contribution in [0.5, 0.6) is 11.5 Å². The standard InChI is InChI=1S/C23H22ClN3O3S.ClH/c24-17-7-8-21-19(12-17)27(15-16-4-1-2-6-20(16)30-21)23(29)14-26-22(28)9-10-25-13-18-5-3-11-31-18;/h1-8,11-12,25H,9-10,13-15H2,(H,26,28);1H. The first-order valence-corrected chi connectivity index (χ1v) is 11.2. The quantitative estimate of drug-likeness (QED) is 0.467. The van der Waals surface area contributed by atoms with Gasteiger partial charge in [0.2, 0.25) is 11.8 Å². The molecule has 0 fully saturated rings. The summed E-state index contributed by atoms with van der Waals surface area (Å²) in [5, 5.41) is 8.48. The van der Waals surface area contributed by atoms with Crippen LogP contribution in [0.25, 0.3) is 0 Å². The van der Waals surface area contributed by atoms with Crippen LogP contribution in [0.4, 0.5) is 5.69 Å². The molecule has 2 N–H and O–H groups in total. The Kier molecular flexibility index (Phi) is 8.53. The van der Waals surface area contributed by atoms with Gasteiger partial charge in [-0.1, -0.05) is 35.9 Å². The molecule has 0 unspecified atom stereocenters. The van der Waals surface area contributed by atoms with E-state index in [1.807, 2.05) is 41.8 Å². The number of carbonyl (C=O) groups is 2. The van der Waals surface area contributed by atoms with E-state index in [1.54, 1.807) is 34.4 Å². The number of benzene rings is 2. The predicted molar refractivity (Wildman–Crippen MR) is 130 cm³/mol. The number of rotatable bonds is 7. The summed E-state index contributed by atoms with van der Waals surface area (Å²) in [6.45, 7) is 1.51. The van der Waals surface area contributed by atoms with Crippen molar-refractivity contribution < 1.29 is 14.3 Å². The topological polar surface area (TPSA) is 70.7 Å². The van der Waals surface area contributed by atoms with Gasteiger partial charge in [0.25, 0.3) is 0 Å². The highest BCUT2D eigenvalue weighted by Gasteiger charge is 2.25. The van der Waals surface area contributed by atoms with Crippen LogP contribution < -0.4 is 20.3 Å². The van der Waals surface area contributed by atoms with Gasteiger partial charge < -0.3 is 20.3 Å². The van der Waals surface area contributed by atoms with E-state index in [9.17, 15) is 9.59 Å². The first-order chi connectivity index (χ1) is 15.1. The maximum atomic E-state index is 13.0. The molecule has 1 aliphatic heterocycles. The van der Waals surface area contributed by atoms with E-state index in [0.717, 1.165) is 12.1 Å². The van der Waals surface area contributed by atoms with Crippen molar-refractivity contribution in [3.05, 3.63) is 75.4 Å². The van der Waals surface area contributed by atoms with Crippen molar-refractivity contribution in [2.45, 2.75) is 19.5 Å². The van der Waals surface area contributed by atoms with Gasteiger partial charge in [-0.2, -0.15) is 0 Å². The molecule has 1 aliphatic rings. The molecule has 2 amide bonds. The van der Waals surface area contributed by atoms with Gasteiger partial charge >= 0.3 is 0 Å². The van der Waals surface area contributed by atoms with Crippen molar-refractivity contribution in [1.29, 1.82) is 0 Å². The third-order valence-corrected chi connectivity index (χ3v) is 5.99. The predicted octanol–water partition coefficient (Wildman–Crippen LogP) is 4.76. The summed E-state index contributed by atoms with van der Waals surface area (Å²) in [6, 6.07) is 16.8. The van der Waals surface area contributed by atoms with Gasteiger partial charge in [-0.05, 0) is 35.7 Å². The zero-order valence-corrected chi connectivity index (χ0v) is 19.6.